The largest absolute Gasteiger partial charge is 0.412 e. The molecule has 2 N–H and O–H groups in total. The topological polar surface area (TPSA) is 111 Å². The lowest BCUT2D eigenvalue weighted by Crippen LogP contribution is -2.52. The maximum absolute atomic E-state index is 12.0. The zero-order valence-electron chi connectivity index (χ0n) is 14.2. The van der Waals surface area contributed by atoms with Crippen molar-refractivity contribution in [1.82, 2.24) is 10.6 Å². The van der Waals surface area contributed by atoms with Crippen LogP contribution in [0.1, 0.15) is 0 Å². The van der Waals surface area contributed by atoms with Crippen LogP contribution in [-0.4, -0.2) is 44.2 Å². The van der Waals surface area contributed by atoms with Gasteiger partial charge in [0.05, 0.1) is 23.6 Å². The molecule has 142 valence electrons. The fourth-order valence-electron chi connectivity index (χ4n) is 2.68. The Hall–Kier alpha value is -3.07. The summed E-state index contributed by atoms with van der Waals surface area (Å²) in [6.07, 6.45) is -1.60. The van der Waals surface area contributed by atoms with Crippen molar-refractivity contribution in [3.8, 4) is 11.5 Å². The second kappa shape index (κ2) is 8.09. The van der Waals surface area contributed by atoms with Crippen LogP contribution in [0.15, 0.2) is 60.7 Å². The van der Waals surface area contributed by atoms with Crippen LogP contribution >= 0.6 is 0 Å². The number of rotatable bonds is 4. The highest BCUT2D eigenvalue weighted by atomic mass is 32.2. The van der Waals surface area contributed by atoms with E-state index in [4.69, 9.17) is 9.47 Å². The molecule has 0 aliphatic carbocycles. The van der Waals surface area contributed by atoms with Crippen molar-refractivity contribution in [2.24, 2.45) is 0 Å². The Morgan fingerprint density at radius 1 is 0.741 bits per heavy atom. The number of benzene rings is 2. The number of sulfone groups is 1. The van der Waals surface area contributed by atoms with Gasteiger partial charge in [-0.05, 0) is 24.3 Å². The van der Waals surface area contributed by atoms with Crippen LogP contribution < -0.4 is 20.1 Å². The van der Waals surface area contributed by atoms with Crippen molar-refractivity contribution in [3.05, 3.63) is 60.7 Å². The third kappa shape index (κ3) is 5.45. The number of para-hydroxylation sites is 2. The Morgan fingerprint density at radius 2 is 1.11 bits per heavy atom. The van der Waals surface area contributed by atoms with Crippen molar-refractivity contribution in [2.75, 3.05) is 11.5 Å². The van der Waals surface area contributed by atoms with Gasteiger partial charge in [-0.1, -0.05) is 36.4 Å². The van der Waals surface area contributed by atoms with Crippen molar-refractivity contribution < 1.29 is 27.5 Å². The summed E-state index contributed by atoms with van der Waals surface area (Å²) in [5, 5.41) is 4.98. The average Bonchev–Trinajstić information content (AvgIpc) is 2.89. The van der Waals surface area contributed by atoms with E-state index < -0.39 is 34.1 Å². The van der Waals surface area contributed by atoms with Crippen molar-refractivity contribution in [3.63, 3.8) is 0 Å². The summed E-state index contributed by atoms with van der Waals surface area (Å²) >= 11 is 0. The Kier molecular flexibility index (Phi) is 5.60. The van der Waals surface area contributed by atoms with E-state index in [1.807, 2.05) is 0 Å². The molecule has 0 unspecified atom stereocenters. The maximum Gasteiger partial charge on any atom is 0.412 e. The summed E-state index contributed by atoms with van der Waals surface area (Å²) in [6, 6.07) is 15.1. The van der Waals surface area contributed by atoms with Crippen LogP contribution in [0.25, 0.3) is 0 Å². The molecule has 27 heavy (non-hydrogen) atoms. The fraction of sp³-hybridized carbons (Fsp3) is 0.222. The van der Waals surface area contributed by atoms with Crippen LogP contribution in [0, 0.1) is 0 Å². The van der Waals surface area contributed by atoms with Gasteiger partial charge in [-0.2, -0.15) is 0 Å². The van der Waals surface area contributed by atoms with Crippen LogP contribution in [0.4, 0.5) is 9.59 Å². The highest BCUT2D eigenvalue weighted by molar-refractivity contribution is 7.91. The molecule has 1 aliphatic heterocycles. The monoisotopic (exact) mass is 390 g/mol. The zero-order valence-corrected chi connectivity index (χ0v) is 15.0. The van der Waals surface area contributed by atoms with Crippen LogP contribution in [0.5, 0.6) is 11.5 Å². The highest BCUT2D eigenvalue weighted by Crippen LogP contribution is 2.15. The molecule has 2 aromatic carbocycles. The first-order chi connectivity index (χ1) is 12.9. The maximum atomic E-state index is 12.0. The first-order valence-electron chi connectivity index (χ1n) is 8.18. The summed E-state index contributed by atoms with van der Waals surface area (Å²) < 4.78 is 34.1. The van der Waals surface area contributed by atoms with E-state index in [0.29, 0.717) is 11.5 Å². The van der Waals surface area contributed by atoms with Gasteiger partial charge < -0.3 is 20.1 Å². The second-order valence-corrected chi connectivity index (χ2v) is 8.14. The smallest absolute Gasteiger partial charge is 0.410 e. The van der Waals surface area contributed by atoms with E-state index in [-0.39, 0.29) is 11.5 Å². The minimum atomic E-state index is -3.42. The summed E-state index contributed by atoms with van der Waals surface area (Å²) in [5.74, 6) is 0.0491. The predicted octanol–water partition coefficient (Wildman–Crippen LogP) is 1.73. The van der Waals surface area contributed by atoms with Crippen molar-refractivity contribution >= 4 is 22.0 Å². The normalized spacial score (nSPS) is 20.4. The number of ether oxygens (including phenoxy) is 2. The van der Waals surface area contributed by atoms with E-state index in [2.05, 4.69) is 10.6 Å². The molecule has 0 aromatic heterocycles. The highest BCUT2D eigenvalue weighted by Gasteiger charge is 2.40. The quantitative estimate of drug-likeness (QED) is 0.823. The Bertz CT molecular complexity index is 832. The van der Waals surface area contributed by atoms with Gasteiger partial charge >= 0.3 is 12.2 Å². The summed E-state index contributed by atoms with van der Waals surface area (Å²) in [5.41, 5.74) is 0. The molecule has 0 bridgehead atoms. The van der Waals surface area contributed by atoms with Gasteiger partial charge in [0.2, 0.25) is 0 Å². The third-order valence-corrected chi connectivity index (χ3v) is 5.60. The number of carbonyl (C=O) groups excluding carboxylic acids is 2. The molecular formula is C18H18N2O6S. The standard InChI is InChI=1S/C18H18N2O6S/c21-17(25-13-7-3-1-4-8-13)19-15-11-27(23,24)12-16(15)20-18(22)26-14-9-5-2-6-10-14/h1-10,15-16H,11-12H2,(H,19,21)(H,20,22)/t15-,16-/m1/s1. The minimum absolute atomic E-state index is 0.298. The average molecular weight is 390 g/mol. The number of amides is 2. The SMILES string of the molecule is O=C(N[C@@H]1CS(=O)(=O)C[C@H]1NC(=O)Oc1ccccc1)Oc1ccccc1. The molecule has 9 heteroatoms. The van der Waals surface area contributed by atoms with Crippen LogP contribution in [-0.2, 0) is 9.84 Å². The van der Waals surface area contributed by atoms with Gasteiger partial charge in [0.25, 0.3) is 0 Å². The molecule has 0 saturated carbocycles. The lowest BCUT2D eigenvalue weighted by atomic mass is 10.2. The number of hydrogen-bond donors (Lipinski definition) is 2. The molecule has 1 heterocycles. The van der Waals surface area contributed by atoms with Gasteiger partial charge in [0.15, 0.2) is 9.84 Å². The van der Waals surface area contributed by atoms with E-state index in [9.17, 15) is 18.0 Å². The lowest BCUT2D eigenvalue weighted by molar-refractivity contribution is 0.186. The van der Waals surface area contributed by atoms with Crippen LogP contribution in [0.2, 0.25) is 0 Å². The predicted molar refractivity (Wildman–Crippen MR) is 97.4 cm³/mol. The molecule has 1 aliphatic rings. The van der Waals surface area contributed by atoms with Gasteiger partial charge in [0.1, 0.15) is 11.5 Å². The van der Waals surface area contributed by atoms with Gasteiger partial charge in [-0.25, -0.2) is 18.0 Å². The molecule has 2 aromatic rings. The first kappa shape index (κ1) is 18.7. The number of hydrogen-bond acceptors (Lipinski definition) is 6. The minimum Gasteiger partial charge on any atom is -0.410 e. The molecule has 2 atom stereocenters. The molecule has 3 rings (SSSR count). The van der Waals surface area contributed by atoms with Gasteiger partial charge in [0, 0.05) is 0 Å². The number of carbonyl (C=O) groups is 2. The van der Waals surface area contributed by atoms with Crippen molar-refractivity contribution in [1.29, 1.82) is 0 Å². The third-order valence-electron chi connectivity index (χ3n) is 3.87. The zero-order chi connectivity index (χ0) is 19.3. The van der Waals surface area contributed by atoms with E-state index in [0.717, 1.165) is 0 Å². The van der Waals surface area contributed by atoms with E-state index >= 15 is 0 Å². The summed E-state index contributed by atoms with van der Waals surface area (Å²) in [6.45, 7) is 0. The summed E-state index contributed by atoms with van der Waals surface area (Å²) in [4.78, 5) is 24.1. The Labute approximate surface area is 156 Å². The van der Waals surface area contributed by atoms with Gasteiger partial charge in [-0.3, -0.25) is 0 Å². The first-order valence-corrected chi connectivity index (χ1v) is 10.0. The molecule has 2 amide bonds. The molecular weight excluding hydrogens is 372 g/mol. The molecule has 1 saturated heterocycles. The molecule has 1 fully saturated rings. The van der Waals surface area contributed by atoms with Crippen molar-refractivity contribution in [2.45, 2.75) is 12.1 Å². The molecule has 0 spiro atoms. The van der Waals surface area contributed by atoms with Crippen LogP contribution in [0.3, 0.4) is 0 Å². The number of nitrogens with one attached hydrogen (secondary N) is 2. The Morgan fingerprint density at radius 3 is 1.48 bits per heavy atom. The van der Waals surface area contributed by atoms with E-state index in [1.165, 1.54) is 0 Å². The fourth-order valence-corrected chi connectivity index (χ4v) is 4.55. The molecule has 0 radical (unpaired) electrons. The second-order valence-electron chi connectivity index (χ2n) is 5.98. The summed E-state index contributed by atoms with van der Waals surface area (Å²) in [7, 11) is -3.42. The lowest BCUT2D eigenvalue weighted by Gasteiger charge is -2.20. The van der Waals surface area contributed by atoms with E-state index in [1.54, 1.807) is 60.7 Å². The Balaban J connectivity index is 1.60. The molecule has 8 nitrogen and oxygen atoms in total. The van der Waals surface area contributed by atoms with Gasteiger partial charge in [-0.15, -0.1) is 0 Å².